The molecule has 0 fully saturated rings. The van der Waals surface area contributed by atoms with Crippen LogP contribution in [0.5, 0.6) is 0 Å². The van der Waals surface area contributed by atoms with Gasteiger partial charge in [0.05, 0.1) is 12.8 Å². The van der Waals surface area contributed by atoms with E-state index >= 15 is 0 Å². The van der Waals surface area contributed by atoms with Gasteiger partial charge in [0.15, 0.2) is 0 Å². The fourth-order valence-electron chi connectivity index (χ4n) is 1.63. The van der Waals surface area contributed by atoms with Gasteiger partial charge in [0.1, 0.15) is 11.5 Å². The van der Waals surface area contributed by atoms with E-state index in [4.69, 9.17) is 4.74 Å². The third-order valence-corrected chi connectivity index (χ3v) is 4.02. The van der Waals surface area contributed by atoms with Gasteiger partial charge < -0.3 is 9.72 Å². The Morgan fingerprint density at radius 1 is 1.37 bits per heavy atom. The summed E-state index contributed by atoms with van der Waals surface area (Å²) < 4.78 is 6.90. The van der Waals surface area contributed by atoms with E-state index in [1.807, 2.05) is 18.2 Å². The van der Waals surface area contributed by atoms with Crippen LogP contribution in [0.15, 0.2) is 33.3 Å². The van der Waals surface area contributed by atoms with E-state index in [9.17, 15) is 4.79 Å². The molecular formula is C13H12Br2N2O2. The first-order valence-electron chi connectivity index (χ1n) is 5.75. The highest BCUT2D eigenvalue weighted by atomic mass is 79.9. The van der Waals surface area contributed by atoms with Crippen LogP contribution in [-0.2, 0) is 11.2 Å². The van der Waals surface area contributed by atoms with Crippen LogP contribution in [0.25, 0.3) is 0 Å². The van der Waals surface area contributed by atoms with Crippen molar-refractivity contribution in [2.24, 2.45) is 0 Å². The molecule has 1 N–H and O–H groups in total. The van der Waals surface area contributed by atoms with Gasteiger partial charge in [0.25, 0.3) is 0 Å². The number of rotatable bonds is 4. The van der Waals surface area contributed by atoms with Crippen LogP contribution >= 0.6 is 31.9 Å². The van der Waals surface area contributed by atoms with Gasteiger partial charge in [0, 0.05) is 15.4 Å². The molecule has 2 aromatic rings. The van der Waals surface area contributed by atoms with Gasteiger partial charge in [0.2, 0.25) is 0 Å². The Morgan fingerprint density at radius 2 is 2.05 bits per heavy atom. The van der Waals surface area contributed by atoms with E-state index in [0.717, 1.165) is 20.3 Å². The number of hydrogen-bond acceptors (Lipinski definition) is 3. The predicted octanol–water partition coefficient (Wildman–Crippen LogP) is 3.70. The molecule has 2 rings (SSSR count). The number of esters is 1. The lowest BCUT2D eigenvalue weighted by Gasteiger charge is -2.05. The first-order chi connectivity index (χ1) is 9.11. The van der Waals surface area contributed by atoms with Gasteiger partial charge >= 0.3 is 5.97 Å². The summed E-state index contributed by atoms with van der Waals surface area (Å²) in [6, 6.07) is 5.88. The molecule has 0 radical (unpaired) electrons. The molecular weight excluding hydrogens is 376 g/mol. The van der Waals surface area contributed by atoms with Gasteiger partial charge in [-0.15, -0.1) is 0 Å². The number of aromatic amines is 1. The molecule has 0 saturated heterocycles. The molecule has 0 bridgehead atoms. The van der Waals surface area contributed by atoms with Crippen molar-refractivity contribution in [3.05, 3.63) is 50.4 Å². The molecule has 0 unspecified atom stereocenters. The number of ether oxygens (including phenoxy) is 1. The van der Waals surface area contributed by atoms with Crippen LogP contribution < -0.4 is 0 Å². The minimum atomic E-state index is -0.382. The number of benzene rings is 1. The fraction of sp³-hybridized carbons (Fsp3) is 0.231. The van der Waals surface area contributed by atoms with Crippen LogP contribution in [0.1, 0.15) is 28.8 Å². The molecule has 1 aromatic carbocycles. The zero-order valence-corrected chi connectivity index (χ0v) is 13.4. The molecule has 0 spiro atoms. The summed E-state index contributed by atoms with van der Waals surface area (Å²) >= 11 is 7.00. The molecule has 1 heterocycles. The summed E-state index contributed by atoms with van der Waals surface area (Å²) in [5.41, 5.74) is 1.45. The summed E-state index contributed by atoms with van der Waals surface area (Å²) in [5.74, 6) is 0.336. The largest absolute Gasteiger partial charge is 0.461 e. The average Bonchev–Trinajstić information content (AvgIpc) is 2.83. The molecule has 0 aliphatic rings. The average molecular weight is 388 g/mol. The van der Waals surface area contributed by atoms with Crippen molar-refractivity contribution in [2.45, 2.75) is 13.3 Å². The predicted molar refractivity (Wildman–Crippen MR) is 79.2 cm³/mol. The normalized spacial score (nSPS) is 10.5. The second-order valence-electron chi connectivity index (χ2n) is 3.84. The number of carbonyl (C=O) groups is 1. The Hall–Kier alpha value is -1.14. The van der Waals surface area contributed by atoms with Crippen LogP contribution in [0.3, 0.4) is 0 Å². The lowest BCUT2D eigenvalue weighted by atomic mass is 10.1. The Bertz CT molecular complexity index is 576. The van der Waals surface area contributed by atoms with Crippen molar-refractivity contribution in [3.63, 3.8) is 0 Å². The number of carbonyl (C=O) groups excluding carboxylic acids is 1. The summed E-state index contributed by atoms with van der Waals surface area (Å²) in [4.78, 5) is 18.7. The minimum Gasteiger partial charge on any atom is -0.461 e. The van der Waals surface area contributed by atoms with E-state index in [1.54, 1.807) is 6.92 Å². The molecule has 0 aliphatic heterocycles. The van der Waals surface area contributed by atoms with Crippen molar-refractivity contribution in [2.75, 3.05) is 6.61 Å². The smallest absolute Gasteiger partial charge is 0.356 e. The van der Waals surface area contributed by atoms with Gasteiger partial charge in [-0.2, -0.15) is 0 Å². The zero-order chi connectivity index (χ0) is 13.8. The van der Waals surface area contributed by atoms with Crippen LogP contribution in [0, 0.1) is 0 Å². The highest BCUT2D eigenvalue weighted by Crippen LogP contribution is 2.26. The van der Waals surface area contributed by atoms with Crippen LogP contribution in [0.2, 0.25) is 0 Å². The number of nitrogens with one attached hydrogen (secondary N) is 1. The molecule has 0 saturated carbocycles. The van der Waals surface area contributed by atoms with Crippen molar-refractivity contribution in [3.8, 4) is 0 Å². The fourth-order valence-corrected chi connectivity index (χ4v) is 2.91. The Balaban J connectivity index is 2.18. The maximum atomic E-state index is 11.5. The second kappa shape index (κ2) is 6.34. The summed E-state index contributed by atoms with van der Waals surface area (Å²) in [6.45, 7) is 2.12. The van der Waals surface area contributed by atoms with Crippen LogP contribution in [0.4, 0.5) is 0 Å². The molecule has 6 heteroatoms. The van der Waals surface area contributed by atoms with Crippen LogP contribution in [-0.4, -0.2) is 22.5 Å². The maximum Gasteiger partial charge on any atom is 0.356 e. The number of imidazole rings is 1. The number of aromatic nitrogens is 2. The molecule has 1 aromatic heterocycles. The quantitative estimate of drug-likeness (QED) is 0.813. The molecule has 100 valence electrons. The van der Waals surface area contributed by atoms with E-state index in [2.05, 4.69) is 41.8 Å². The lowest BCUT2D eigenvalue weighted by Crippen LogP contribution is -2.05. The Morgan fingerprint density at radius 3 is 2.68 bits per heavy atom. The number of halogens is 2. The molecule has 19 heavy (non-hydrogen) atoms. The molecule has 0 atom stereocenters. The first kappa shape index (κ1) is 14.3. The number of H-pyrrole nitrogens is 1. The minimum absolute atomic E-state index is 0.350. The lowest BCUT2D eigenvalue weighted by molar-refractivity contribution is 0.0520. The Kier molecular flexibility index (Phi) is 4.76. The topological polar surface area (TPSA) is 55.0 Å². The van der Waals surface area contributed by atoms with Gasteiger partial charge in [-0.25, -0.2) is 9.78 Å². The van der Waals surface area contributed by atoms with Crippen molar-refractivity contribution < 1.29 is 9.53 Å². The monoisotopic (exact) mass is 386 g/mol. The number of nitrogens with zero attached hydrogens (tertiary/aromatic N) is 1. The third kappa shape index (κ3) is 3.45. The van der Waals surface area contributed by atoms with E-state index in [-0.39, 0.29) is 5.97 Å². The first-order valence-corrected chi connectivity index (χ1v) is 7.34. The maximum absolute atomic E-state index is 11.5. The molecule has 0 aliphatic carbocycles. The Labute approximate surface area is 127 Å². The van der Waals surface area contributed by atoms with Gasteiger partial charge in [-0.05, 0) is 24.6 Å². The second-order valence-corrected chi connectivity index (χ2v) is 5.55. The summed E-state index contributed by atoms with van der Waals surface area (Å²) in [5, 5.41) is 0. The van der Waals surface area contributed by atoms with Crippen molar-refractivity contribution >= 4 is 37.8 Å². The molecule has 0 amide bonds. The zero-order valence-electron chi connectivity index (χ0n) is 10.2. The summed E-state index contributed by atoms with van der Waals surface area (Å²) in [6.07, 6.45) is 2.10. The van der Waals surface area contributed by atoms with E-state index in [0.29, 0.717) is 18.7 Å². The number of hydrogen-bond donors (Lipinski definition) is 1. The standard InChI is InChI=1S/C13H12Br2N2O2/c1-2-19-13(18)11-7-16-12(17-11)6-8-9(14)4-3-5-10(8)15/h3-5,7H,2,6H2,1H3,(H,16,17). The van der Waals surface area contributed by atoms with Gasteiger partial charge in [-0.1, -0.05) is 37.9 Å². The SMILES string of the molecule is CCOC(=O)c1cnc(Cc2c(Br)cccc2Br)[nH]1. The third-order valence-electron chi connectivity index (χ3n) is 2.53. The highest BCUT2D eigenvalue weighted by molar-refractivity contribution is 9.11. The highest BCUT2D eigenvalue weighted by Gasteiger charge is 2.12. The van der Waals surface area contributed by atoms with Gasteiger partial charge in [-0.3, -0.25) is 0 Å². The van der Waals surface area contributed by atoms with Crippen molar-refractivity contribution in [1.29, 1.82) is 0 Å². The molecule has 4 nitrogen and oxygen atoms in total. The van der Waals surface area contributed by atoms with Crippen molar-refractivity contribution in [1.82, 2.24) is 9.97 Å². The van der Waals surface area contributed by atoms with E-state index in [1.165, 1.54) is 6.20 Å². The van der Waals surface area contributed by atoms with E-state index < -0.39 is 0 Å². The summed E-state index contributed by atoms with van der Waals surface area (Å²) in [7, 11) is 0.